The van der Waals surface area contributed by atoms with Crippen LogP contribution in [0.25, 0.3) is 10.8 Å². The van der Waals surface area contributed by atoms with Crippen LogP contribution in [0.15, 0.2) is 36.4 Å². The predicted octanol–water partition coefficient (Wildman–Crippen LogP) is 3.04. The number of benzene rings is 2. The topological polar surface area (TPSA) is 40.9 Å². The summed E-state index contributed by atoms with van der Waals surface area (Å²) in [5.74, 6) is 0.0581. The standard InChI is InChI=1S/C13H11NO/c1-9(15)11-7-6-10(8-14)12-4-2-3-5-13(11)12/h2-8,14H,1H3. The van der Waals surface area contributed by atoms with E-state index in [9.17, 15) is 4.79 Å². The molecule has 0 saturated heterocycles. The number of carbonyl (C=O) groups is 1. The van der Waals surface area contributed by atoms with E-state index < -0.39 is 0 Å². The number of hydrogen-bond donors (Lipinski definition) is 1. The Kier molecular flexibility index (Phi) is 2.34. The predicted molar refractivity (Wildman–Crippen MR) is 61.8 cm³/mol. The zero-order chi connectivity index (χ0) is 10.8. The van der Waals surface area contributed by atoms with Gasteiger partial charge in [-0.25, -0.2) is 0 Å². The summed E-state index contributed by atoms with van der Waals surface area (Å²) in [5.41, 5.74) is 1.56. The lowest BCUT2D eigenvalue weighted by atomic mass is 9.98. The second-order valence-electron chi connectivity index (χ2n) is 3.45. The molecule has 1 N–H and O–H groups in total. The molecule has 2 nitrogen and oxygen atoms in total. The fourth-order valence-corrected chi connectivity index (χ4v) is 1.76. The summed E-state index contributed by atoms with van der Waals surface area (Å²) in [6.45, 7) is 1.56. The zero-order valence-electron chi connectivity index (χ0n) is 8.45. The average Bonchev–Trinajstić information content (AvgIpc) is 2.27. The molecule has 2 heteroatoms. The second-order valence-corrected chi connectivity index (χ2v) is 3.45. The van der Waals surface area contributed by atoms with Crippen molar-refractivity contribution in [3.05, 3.63) is 47.5 Å². The van der Waals surface area contributed by atoms with Gasteiger partial charge in [0.2, 0.25) is 0 Å². The first-order valence-corrected chi connectivity index (χ1v) is 4.77. The summed E-state index contributed by atoms with van der Waals surface area (Å²) in [4.78, 5) is 11.4. The molecular weight excluding hydrogens is 186 g/mol. The highest BCUT2D eigenvalue weighted by atomic mass is 16.1. The van der Waals surface area contributed by atoms with Crippen LogP contribution in [-0.4, -0.2) is 12.0 Å². The van der Waals surface area contributed by atoms with Gasteiger partial charge in [0, 0.05) is 11.8 Å². The van der Waals surface area contributed by atoms with E-state index in [1.165, 1.54) is 6.21 Å². The van der Waals surface area contributed by atoms with Crippen LogP contribution in [0.5, 0.6) is 0 Å². The van der Waals surface area contributed by atoms with Crippen molar-refractivity contribution < 1.29 is 4.79 Å². The van der Waals surface area contributed by atoms with Crippen LogP contribution < -0.4 is 0 Å². The third-order valence-corrected chi connectivity index (χ3v) is 2.49. The van der Waals surface area contributed by atoms with Crippen molar-refractivity contribution in [1.29, 1.82) is 5.41 Å². The first kappa shape index (κ1) is 9.59. The fraction of sp³-hybridized carbons (Fsp3) is 0.0769. The molecule has 0 aliphatic heterocycles. The Morgan fingerprint density at radius 3 is 2.40 bits per heavy atom. The molecule has 0 saturated carbocycles. The Morgan fingerprint density at radius 2 is 1.80 bits per heavy atom. The highest BCUT2D eigenvalue weighted by Crippen LogP contribution is 2.22. The summed E-state index contributed by atoms with van der Waals surface area (Å²) in [6, 6.07) is 11.3. The average molecular weight is 197 g/mol. The van der Waals surface area contributed by atoms with Gasteiger partial charge in [0.15, 0.2) is 5.78 Å². The van der Waals surface area contributed by atoms with E-state index in [1.807, 2.05) is 30.3 Å². The van der Waals surface area contributed by atoms with E-state index in [4.69, 9.17) is 5.41 Å². The number of carbonyl (C=O) groups excluding carboxylic acids is 1. The number of rotatable bonds is 2. The second kappa shape index (κ2) is 3.65. The molecule has 2 aromatic rings. The minimum absolute atomic E-state index is 0.0581. The number of fused-ring (bicyclic) bond motifs is 1. The van der Waals surface area contributed by atoms with Gasteiger partial charge in [-0.05, 0) is 23.3 Å². The van der Waals surface area contributed by atoms with Gasteiger partial charge in [-0.3, -0.25) is 4.79 Å². The van der Waals surface area contributed by atoms with Crippen LogP contribution in [0.1, 0.15) is 22.8 Å². The molecule has 74 valence electrons. The van der Waals surface area contributed by atoms with Crippen molar-refractivity contribution in [1.82, 2.24) is 0 Å². The van der Waals surface area contributed by atoms with Gasteiger partial charge in [0.1, 0.15) is 0 Å². The highest BCUT2D eigenvalue weighted by molar-refractivity contribution is 6.11. The fourth-order valence-electron chi connectivity index (χ4n) is 1.76. The van der Waals surface area contributed by atoms with Crippen LogP contribution in [-0.2, 0) is 0 Å². The molecule has 0 unspecified atom stereocenters. The maximum Gasteiger partial charge on any atom is 0.160 e. The van der Waals surface area contributed by atoms with Gasteiger partial charge in [-0.1, -0.05) is 36.4 Å². The first-order valence-electron chi connectivity index (χ1n) is 4.77. The van der Waals surface area contributed by atoms with Gasteiger partial charge >= 0.3 is 0 Å². The molecule has 0 radical (unpaired) electrons. The summed E-state index contributed by atoms with van der Waals surface area (Å²) in [6.07, 6.45) is 1.31. The normalized spacial score (nSPS) is 10.2. The van der Waals surface area contributed by atoms with Crippen molar-refractivity contribution in [3.63, 3.8) is 0 Å². The van der Waals surface area contributed by atoms with Crippen molar-refractivity contribution in [3.8, 4) is 0 Å². The minimum Gasteiger partial charge on any atom is -0.308 e. The van der Waals surface area contributed by atoms with Crippen LogP contribution in [0, 0.1) is 5.41 Å². The van der Waals surface area contributed by atoms with Crippen molar-refractivity contribution in [2.24, 2.45) is 0 Å². The lowest BCUT2D eigenvalue weighted by Gasteiger charge is -2.05. The van der Waals surface area contributed by atoms with E-state index in [-0.39, 0.29) is 5.78 Å². The molecule has 0 amide bonds. The largest absolute Gasteiger partial charge is 0.308 e. The van der Waals surface area contributed by atoms with Gasteiger partial charge in [-0.15, -0.1) is 0 Å². The van der Waals surface area contributed by atoms with E-state index in [1.54, 1.807) is 13.0 Å². The third-order valence-electron chi connectivity index (χ3n) is 2.49. The number of hydrogen-bond acceptors (Lipinski definition) is 2. The monoisotopic (exact) mass is 197 g/mol. The molecule has 0 fully saturated rings. The summed E-state index contributed by atoms with van der Waals surface area (Å²) < 4.78 is 0. The quantitative estimate of drug-likeness (QED) is 0.583. The smallest absolute Gasteiger partial charge is 0.160 e. The molecule has 2 rings (SSSR count). The number of ketones is 1. The Morgan fingerprint density at radius 1 is 1.13 bits per heavy atom. The summed E-state index contributed by atoms with van der Waals surface area (Å²) in [5, 5.41) is 9.17. The van der Waals surface area contributed by atoms with Gasteiger partial charge < -0.3 is 5.41 Å². The summed E-state index contributed by atoms with van der Waals surface area (Å²) >= 11 is 0. The van der Waals surface area contributed by atoms with E-state index in [2.05, 4.69) is 0 Å². The molecule has 0 atom stereocenters. The van der Waals surface area contributed by atoms with E-state index >= 15 is 0 Å². The Hall–Kier alpha value is -1.96. The minimum atomic E-state index is 0.0581. The van der Waals surface area contributed by atoms with Crippen LogP contribution in [0.3, 0.4) is 0 Å². The molecule has 0 spiro atoms. The molecule has 0 aromatic heterocycles. The molecule has 2 aromatic carbocycles. The van der Waals surface area contributed by atoms with Crippen molar-refractivity contribution in [2.75, 3.05) is 0 Å². The molecule has 15 heavy (non-hydrogen) atoms. The Balaban J connectivity index is 2.89. The molecule has 0 aliphatic rings. The lowest BCUT2D eigenvalue weighted by Crippen LogP contribution is -1.95. The van der Waals surface area contributed by atoms with Crippen molar-refractivity contribution >= 4 is 22.8 Å². The molecule has 0 heterocycles. The maximum absolute atomic E-state index is 11.4. The number of Topliss-reactive ketones (excluding diaryl/α,β-unsaturated/α-hetero) is 1. The number of nitrogens with one attached hydrogen (secondary N) is 1. The first-order chi connectivity index (χ1) is 7.24. The van der Waals surface area contributed by atoms with E-state index in [0.717, 1.165) is 21.9 Å². The SMILES string of the molecule is CC(=O)c1ccc(C=N)c2ccccc12. The van der Waals surface area contributed by atoms with Gasteiger partial charge in [-0.2, -0.15) is 0 Å². The van der Waals surface area contributed by atoms with Crippen LogP contribution in [0.2, 0.25) is 0 Å². The summed E-state index contributed by atoms with van der Waals surface area (Å²) in [7, 11) is 0. The maximum atomic E-state index is 11.4. The highest BCUT2D eigenvalue weighted by Gasteiger charge is 2.06. The molecular formula is C13H11NO. The van der Waals surface area contributed by atoms with Gasteiger partial charge in [0.25, 0.3) is 0 Å². The molecule has 0 bridgehead atoms. The third kappa shape index (κ3) is 1.54. The lowest BCUT2D eigenvalue weighted by molar-refractivity contribution is 0.101. The Labute approximate surface area is 88.1 Å². The van der Waals surface area contributed by atoms with Gasteiger partial charge in [0.05, 0.1) is 0 Å². The molecule has 0 aliphatic carbocycles. The van der Waals surface area contributed by atoms with E-state index in [0.29, 0.717) is 0 Å². The van der Waals surface area contributed by atoms with Crippen molar-refractivity contribution in [2.45, 2.75) is 6.92 Å². The zero-order valence-corrected chi connectivity index (χ0v) is 8.45. The Bertz CT molecular complexity index is 543. The van der Waals surface area contributed by atoms with Crippen LogP contribution in [0.4, 0.5) is 0 Å². The van der Waals surface area contributed by atoms with Crippen LogP contribution >= 0.6 is 0 Å².